The third-order valence-corrected chi connectivity index (χ3v) is 5.77. The van der Waals surface area contributed by atoms with E-state index in [1.165, 1.54) is 23.4 Å². The van der Waals surface area contributed by atoms with Gasteiger partial charge in [-0.25, -0.2) is 4.98 Å². The maximum Gasteiger partial charge on any atom is 0.171 e. The second-order valence-electron chi connectivity index (χ2n) is 8.27. The number of fused-ring (bicyclic) bond motifs is 1. The van der Waals surface area contributed by atoms with E-state index in [1.54, 1.807) is 7.11 Å². The number of ether oxygens (including phenoxy) is 1. The summed E-state index contributed by atoms with van der Waals surface area (Å²) in [6.07, 6.45) is 3.39. The molecule has 0 bridgehead atoms. The molecule has 1 aromatic carbocycles. The number of methoxy groups -OCH3 is 1. The summed E-state index contributed by atoms with van der Waals surface area (Å²) in [5.74, 6) is 1.95. The molecule has 1 saturated heterocycles. The molecule has 1 aliphatic heterocycles. The molecule has 2 aliphatic rings. The molecule has 138 valence electrons. The minimum Gasteiger partial charge on any atom is -0.493 e. The Balaban J connectivity index is 1.55. The van der Waals surface area contributed by atoms with E-state index in [2.05, 4.69) is 60.0 Å². The van der Waals surface area contributed by atoms with Crippen LogP contribution in [0.15, 0.2) is 36.4 Å². The normalized spacial score (nSPS) is 19.2. The topological polar surface area (TPSA) is 28.6 Å². The maximum atomic E-state index is 5.71. The lowest BCUT2D eigenvalue weighted by Crippen LogP contribution is -2.47. The molecule has 0 atom stereocenters. The van der Waals surface area contributed by atoms with Gasteiger partial charge in [-0.1, -0.05) is 32.0 Å². The van der Waals surface area contributed by atoms with Crippen molar-refractivity contribution >= 4 is 11.5 Å². The second kappa shape index (κ2) is 6.82. The van der Waals surface area contributed by atoms with Crippen molar-refractivity contribution < 1.29 is 4.74 Å². The molecule has 4 rings (SSSR count). The SMILES string of the molecule is COc1cc2c(nc1N1CCN(c3ccccc3)CC1)CC(C)(C)CC2. The van der Waals surface area contributed by atoms with Gasteiger partial charge in [-0.2, -0.15) is 0 Å². The summed E-state index contributed by atoms with van der Waals surface area (Å²) in [5.41, 5.74) is 4.28. The van der Waals surface area contributed by atoms with Crippen LogP contribution in [0.4, 0.5) is 11.5 Å². The Kier molecular flexibility index (Phi) is 4.51. The fraction of sp³-hybridized carbons (Fsp3) is 0.500. The lowest BCUT2D eigenvalue weighted by Gasteiger charge is -2.38. The zero-order valence-electron chi connectivity index (χ0n) is 16.2. The number of benzene rings is 1. The molecule has 0 unspecified atom stereocenters. The quantitative estimate of drug-likeness (QED) is 0.838. The third-order valence-electron chi connectivity index (χ3n) is 5.77. The van der Waals surface area contributed by atoms with Crippen LogP contribution in [0.25, 0.3) is 0 Å². The van der Waals surface area contributed by atoms with Crippen LogP contribution in [0.1, 0.15) is 31.5 Å². The van der Waals surface area contributed by atoms with Crippen molar-refractivity contribution in [3.63, 3.8) is 0 Å². The predicted octanol–water partition coefficient (Wildman–Crippen LogP) is 3.93. The first-order chi connectivity index (χ1) is 12.6. The standard InChI is InChI=1S/C22H29N3O/c1-22(2)10-9-17-15-20(26-3)21(23-19(17)16-22)25-13-11-24(12-14-25)18-7-5-4-6-8-18/h4-8,15H,9-14,16H2,1-3H3. The molecule has 2 heterocycles. The Bertz CT molecular complexity index is 764. The zero-order chi connectivity index (χ0) is 18.1. The monoisotopic (exact) mass is 351 g/mol. The first kappa shape index (κ1) is 17.2. The number of aromatic nitrogens is 1. The summed E-state index contributed by atoms with van der Waals surface area (Å²) in [6, 6.07) is 12.9. The van der Waals surface area contributed by atoms with Crippen LogP contribution in [0, 0.1) is 5.41 Å². The van der Waals surface area contributed by atoms with E-state index >= 15 is 0 Å². The number of rotatable bonds is 3. The highest BCUT2D eigenvalue weighted by atomic mass is 16.5. The Morgan fingerprint density at radius 3 is 2.38 bits per heavy atom. The largest absolute Gasteiger partial charge is 0.493 e. The number of para-hydroxylation sites is 1. The van der Waals surface area contributed by atoms with Crippen molar-refractivity contribution in [3.05, 3.63) is 47.7 Å². The summed E-state index contributed by atoms with van der Waals surface area (Å²) < 4.78 is 5.71. The van der Waals surface area contributed by atoms with Crippen LogP contribution >= 0.6 is 0 Å². The van der Waals surface area contributed by atoms with E-state index in [0.29, 0.717) is 5.41 Å². The van der Waals surface area contributed by atoms with Crippen molar-refractivity contribution in [3.8, 4) is 5.75 Å². The van der Waals surface area contributed by atoms with Crippen molar-refractivity contribution in [1.82, 2.24) is 4.98 Å². The van der Waals surface area contributed by atoms with Gasteiger partial charge in [-0.3, -0.25) is 0 Å². The fourth-order valence-electron chi connectivity index (χ4n) is 4.14. The molecule has 4 nitrogen and oxygen atoms in total. The van der Waals surface area contributed by atoms with Crippen molar-refractivity contribution in [1.29, 1.82) is 0 Å². The number of piperazine rings is 1. The van der Waals surface area contributed by atoms with Crippen molar-refractivity contribution in [2.24, 2.45) is 5.41 Å². The molecule has 0 saturated carbocycles. The van der Waals surface area contributed by atoms with E-state index < -0.39 is 0 Å². The van der Waals surface area contributed by atoms with Gasteiger partial charge in [0, 0.05) is 37.6 Å². The smallest absolute Gasteiger partial charge is 0.171 e. The molecule has 1 fully saturated rings. The van der Waals surface area contributed by atoms with Crippen LogP contribution in [0.3, 0.4) is 0 Å². The highest BCUT2D eigenvalue weighted by Crippen LogP contribution is 2.38. The van der Waals surface area contributed by atoms with Crippen LogP contribution in [0.2, 0.25) is 0 Å². The van der Waals surface area contributed by atoms with Crippen molar-refractivity contribution in [2.75, 3.05) is 43.1 Å². The molecular formula is C22H29N3O. The van der Waals surface area contributed by atoms with E-state index in [4.69, 9.17) is 9.72 Å². The minimum absolute atomic E-state index is 0.345. The second-order valence-corrected chi connectivity index (χ2v) is 8.27. The van der Waals surface area contributed by atoms with Gasteiger partial charge in [0.05, 0.1) is 7.11 Å². The Morgan fingerprint density at radius 1 is 1.00 bits per heavy atom. The summed E-state index contributed by atoms with van der Waals surface area (Å²) in [4.78, 5) is 9.92. The molecule has 1 aromatic heterocycles. The van der Waals surface area contributed by atoms with Crippen LogP contribution in [-0.2, 0) is 12.8 Å². The molecular weight excluding hydrogens is 322 g/mol. The zero-order valence-corrected chi connectivity index (χ0v) is 16.2. The number of hydrogen-bond acceptors (Lipinski definition) is 4. The molecule has 0 N–H and O–H groups in total. The average Bonchev–Trinajstić information content (AvgIpc) is 2.67. The molecule has 0 radical (unpaired) electrons. The van der Waals surface area contributed by atoms with Crippen molar-refractivity contribution in [2.45, 2.75) is 33.1 Å². The molecule has 0 spiro atoms. The van der Waals surface area contributed by atoms with Gasteiger partial charge in [-0.05, 0) is 48.4 Å². The van der Waals surface area contributed by atoms with Crippen LogP contribution in [-0.4, -0.2) is 38.3 Å². The Morgan fingerprint density at radius 2 is 1.69 bits per heavy atom. The fourth-order valence-corrected chi connectivity index (χ4v) is 4.14. The van der Waals surface area contributed by atoms with Gasteiger partial charge in [-0.15, -0.1) is 0 Å². The molecule has 0 amide bonds. The lowest BCUT2D eigenvalue weighted by atomic mass is 9.76. The highest BCUT2D eigenvalue weighted by molar-refractivity contribution is 5.57. The Labute approximate surface area is 156 Å². The number of anilines is 2. The highest BCUT2D eigenvalue weighted by Gasteiger charge is 2.29. The Hall–Kier alpha value is -2.23. The van der Waals surface area contributed by atoms with E-state index in [0.717, 1.165) is 50.6 Å². The number of hydrogen-bond donors (Lipinski definition) is 0. The van der Waals surface area contributed by atoms with Crippen LogP contribution < -0.4 is 14.5 Å². The van der Waals surface area contributed by atoms with Gasteiger partial charge >= 0.3 is 0 Å². The van der Waals surface area contributed by atoms with Gasteiger partial charge in [0.2, 0.25) is 0 Å². The van der Waals surface area contributed by atoms with E-state index in [9.17, 15) is 0 Å². The molecule has 4 heteroatoms. The summed E-state index contributed by atoms with van der Waals surface area (Å²) >= 11 is 0. The van der Waals surface area contributed by atoms with E-state index in [1.807, 2.05) is 0 Å². The molecule has 1 aliphatic carbocycles. The number of aryl methyl sites for hydroxylation is 1. The van der Waals surface area contributed by atoms with Gasteiger partial charge < -0.3 is 14.5 Å². The van der Waals surface area contributed by atoms with Gasteiger partial charge in [0.25, 0.3) is 0 Å². The summed E-state index contributed by atoms with van der Waals surface area (Å²) in [7, 11) is 1.76. The average molecular weight is 351 g/mol. The number of nitrogens with zero attached hydrogens (tertiary/aromatic N) is 3. The lowest BCUT2D eigenvalue weighted by molar-refractivity contribution is 0.309. The molecule has 2 aromatic rings. The van der Waals surface area contributed by atoms with E-state index in [-0.39, 0.29) is 0 Å². The molecule has 26 heavy (non-hydrogen) atoms. The summed E-state index contributed by atoms with van der Waals surface area (Å²) in [6.45, 7) is 8.66. The predicted molar refractivity (Wildman–Crippen MR) is 107 cm³/mol. The van der Waals surface area contributed by atoms with Gasteiger partial charge in [0.1, 0.15) is 0 Å². The van der Waals surface area contributed by atoms with Gasteiger partial charge in [0.15, 0.2) is 11.6 Å². The minimum atomic E-state index is 0.345. The summed E-state index contributed by atoms with van der Waals surface area (Å²) in [5, 5.41) is 0. The van der Waals surface area contributed by atoms with Crippen LogP contribution in [0.5, 0.6) is 5.75 Å². The number of pyridine rings is 1. The first-order valence-corrected chi connectivity index (χ1v) is 9.67. The first-order valence-electron chi connectivity index (χ1n) is 9.67. The third kappa shape index (κ3) is 3.37. The maximum absolute atomic E-state index is 5.71.